The molecule has 1 aromatic carbocycles. The lowest BCUT2D eigenvalue weighted by molar-refractivity contribution is -0.138. The zero-order valence-electron chi connectivity index (χ0n) is 7.64. The summed E-state index contributed by atoms with van der Waals surface area (Å²) >= 11 is 0. The third kappa shape index (κ3) is 3.04. The highest BCUT2D eigenvalue weighted by atomic mass is 19.4. The van der Waals surface area contributed by atoms with Gasteiger partial charge in [-0.15, -0.1) is 0 Å². The summed E-state index contributed by atoms with van der Waals surface area (Å²) in [6.45, 7) is 0. The highest BCUT2D eigenvalue weighted by Gasteiger charge is 2.33. The van der Waals surface area contributed by atoms with Crippen LogP contribution in [0, 0.1) is 5.82 Å². The Bertz CT molecular complexity index is 357. The van der Waals surface area contributed by atoms with Crippen molar-refractivity contribution in [3.8, 4) is 0 Å². The molecule has 0 aliphatic carbocycles. The van der Waals surface area contributed by atoms with Gasteiger partial charge in [-0.05, 0) is 30.2 Å². The van der Waals surface area contributed by atoms with Gasteiger partial charge in [-0.3, -0.25) is 0 Å². The van der Waals surface area contributed by atoms with Crippen LogP contribution in [0.4, 0.5) is 17.6 Å². The van der Waals surface area contributed by atoms with E-state index >= 15 is 0 Å². The molecule has 0 radical (unpaired) electrons. The minimum absolute atomic E-state index is 0.0491. The molecule has 0 atom stereocenters. The number of hydrogen-bond donors (Lipinski definition) is 0. The second-order valence-electron chi connectivity index (χ2n) is 3.00. The largest absolute Gasteiger partial charge is 0.416 e. The number of benzene rings is 1. The minimum atomic E-state index is -4.51. The van der Waals surface area contributed by atoms with Gasteiger partial charge in [0, 0.05) is 6.42 Å². The Labute approximate surface area is 83.7 Å². The van der Waals surface area contributed by atoms with Crippen molar-refractivity contribution in [3.05, 3.63) is 35.1 Å². The van der Waals surface area contributed by atoms with Crippen molar-refractivity contribution in [1.29, 1.82) is 0 Å². The maximum absolute atomic E-state index is 12.7. The van der Waals surface area contributed by atoms with Crippen LogP contribution in [0.3, 0.4) is 0 Å². The highest BCUT2D eigenvalue weighted by Crippen LogP contribution is 2.32. The fourth-order valence-corrected chi connectivity index (χ4v) is 1.26. The summed E-state index contributed by atoms with van der Waals surface area (Å²) in [4.78, 5) is 10.0. The van der Waals surface area contributed by atoms with Crippen LogP contribution in [-0.4, -0.2) is 6.29 Å². The van der Waals surface area contributed by atoms with Crippen molar-refractivity contribution in [3.63, 3.8) is 0 Å². The van der Waals surface area contributed by atoms with Crippen LogP contribution >= 0.6 is 0 Å². The van der Waals surface area contributed by atoms with E-state index in [1.54, 1.807) is 0 Å². The summed E-state index contributed by atoms with van der Waals surface area (Å²) in [7, 11) is 0. The monoisotopic (exact) mass is 220 g/mol. The van der Waals surface area contributed by atoms with Crippen molar-refractivity contribution in [2.75, 3.05) is 0 Å². The molecular weight excluding hydrogens is 212 g/mol. The summed E-state index contributed by atoms with van der Waals surface area (Å²) in [6, 6.07) is 2.26. The lowest BCUT2D eigenvalue weighted by Crippen LogP contribution is -2.09. The molecular formula is C10H8F4O. The number of carbonyl (C=O) groups excluding carboxylic acids is 1. The molecule has 82 valence electrons. The summed E-state index contributed by atoms with van der Waals surface area (Å²) in [6.07, 6.45) is -4.15. The lowest BCUT2D eigenvalue weighted by atomic mass is 10.0. The molecule has 0 N–H and O–H groups in total. The van der Waals surface area contributed by atoms with E-state index in [0.717, 1.165) is 12.1 Å². The SMILES string of the molecule is O=CCCc1cc(F)ccc1C(F)(F)F. The Kier molecular flexibility index (Phi) is 3.44. The van der Waals surface area contributed by atoms with Gasteiger partial charge < -0.3 is 4.79 Å². The fourth-order valence-electron chi connectivity index (χ4n) is 1.26. The molecule has 0 amide bonds. The maximum Gasteiger partial charge on any atom is 0.416 e. The summed E-state index contributed by atoms with van der Waals surface area (Å²) in [5.74, 6) is -0.733. The first-order chi connectivity index (χ1) is 6.95. The highest BCUT2D eigenvalue weighted by molar-refractivity contribution is 5.50. The molecule has 0 heterocycles. The van der Waals surface area contributed by atoms with Gasteiger partial charge in [-0.25, -0.2) is 4.39 Å². The maximum atomic E-state index is 12.7. The average molecular weight is 220 g/mol. The molecule has 5 heteroatoms. The van der Waals surface area contributed by atoms with Crippen molar-refractivity contribution >= 4 is 6.29 Å². The van der Waals surface area contributed by atoms with E-state index in [2.05, 4.69) is 0 Å². The third-order valence-electron chi connectivity index (χ3n) is 1.90. The Balaban J connectivity index is 3.08. The third-order valence-corrected chi connectivity index (χ3v) is 1.90. The van der Waals surface area contributed by atoms with Crippen LogP contribution in [0.1, 0.15) is 17.5 Å². The number of alkyl halides is 3. The van der Waals surface area contributed by atoms with Crippen LogP contribution < -0.4 is 0 Å². The number of halogens is 4. The first kappa shape index (κ1) is 11.7. The van der Waals surface area contributed by atoms with Gasteiger partial charge in [0.15, 0.2) is 0 Å². The zero-order valence-corrected chi connectivity index (χ0v) is 7.64. The van der Waals surface area contributed by atoms with Crippen molar-refractivity contribution in [1.82, 2.24) is 0 Å². The van der Waals surface area contributed by atoms with Gasteiger partial charge in [0.2, 0.25) is 0 Å². The lowest BCUT2D eigenvalue weighted by Gasteiger charge is -2.11. The quantitative estimate of drug-likeness (QED) is 0.565. The number of aryl methyl sites for hydroxylation is 1. The Morgan fingerprint density at radius 2 is 1.93 bits per heavy atom. The van der Waals surface area contributed by atoms with Gasteiger partial charge in [-0.1, -0.05) is 0 Å². The van der Waals surface area contributed by atoms with Crippen LogP contribution in [-0.2, 0) is 17.4 Å². The molecule has 0 aliphatic heterocycles. The molecule has 0 unspecified atom stereocenters. The Morgan fingerprint density at radius 1 is 1.27 bits per heavy atom. The molecule has 0 bridgehead atoms. The van der Waals surface area contributed by atoms with Gasteiger partial charge in [0.1, 0.15) is 12.1 Å². The normalized spacial score (nSPS) is 11.5. The van der Waals surface area contributed by atoms with E-state index in [9.17, 15) is 22.4 Å². The first-order valence-electron chi connectivity index (χ1n) is 4.24. The van der Waals surface area contributed by atoms with Gasteiger partial charge in [-0.2, -0.15) is 13.2 Å². The number of carbonyl (C=O) groups is 1. The van der Waals surface area contributed by atoms with Crippen LogP contribution in [0.25, 0.3) is 0 Å². The minimum Gasteiger partial charge on any atom is -0.303 e. The van der Waals surface area contributed by atoms with Gasteiger partial charge >= 0.3 is 6.18 Å². The van der Waals surface area contributed by atoms with E-state index in [-0.39, 0.29) is 18.4 Å². The van der Waals surface area contributed by atoms with E-state index in [1.165, 1.54) is 0 Å². The molecule has 1 nitrogen and oxygen atoms in total. The molecule has 0 aliphatic rings. The summed E-state index contributed by atoms with van der Waals surface area (Å²) in [5, 5.41) is 0. The molecule has 15 heavy (non-hydrogen) atoms. The van der Waals surface area contributed by atoms with Gasteiger partial charge in [0.25, 0.3) is 0 Å². The first-order valence-corrected chi connectivity index (χ1v) is 4.24. The smallest absolute Gasteiger partial charge is 0.303 e. The van der Waals surface area contributed by atoms with Crippen LogP contribution in [0.2, 0.25) is 0 Å². The van der Waals surface area contributed by atoms with Crippen molar-refractivity contribution < 1.29 is 22.4 Å². The van der Waals surface area contributed by atoms with E-state index in [0.29, 0.717) is 12.4 Å². The molecule has 0 saturated heterocycles. The molecule has 0 saturated carbocycles. The predicted octanol–water partition coefficient (Wildman–Crippen LogP) is 2.98. The fraction of sp³-hybridized carbons (Fsp3) is 0.300. The number of rotatable bonds is 3. The molecule has 0 spiro atoms. The second kappa shape index (κ2) is 4.42. The molecule has 1 aromatic rings. The Morgan fingerprint density at radius 3 is 2.47 bits per heavy atom. The molecule has 0 aromatic heterocycles. The molecule has 0 fully saturated rings. The van der Waals surface area contributed by atoms with E-state index in [4.69, 9.17) is 0 Å². The zero-order chi connectivity index (χ0) is 11.5. The topological polar surface area (TPSA) is 17.1 Å². The van der Waals surface area contributed by atoms with Crippen molar-refractivity contribution in [2.24, 2.45) is 0 Å². The summed E-state index contributed by atoms with van der Waals surface area (Å²) < 4.78 is 49.9. The van der Waals surface area contributed by atoms with E-state index < -0.39 is 17.6 Å². The predicted molar refractivity (Wildman–Crippen MR) is 45.8 cm³/mol. The van der Waals surface area contributed by atoms with Crippen LogP contribution in [0.5, 0.6) is 0 Å². The average Bonchev–Trinajstić information content (AvgIpc) is 2.12. The second-order valence-corrected chi connectivity index (χ2v) is 3.00. The number of aldehydes is 1. The Hall–Kier alpha value is -1.39. The van der Waals surface area contributed by atoms with Gasteiger partial charge in [0.05, 0.1) is 5.56 Å². The standard InChI is InChI=1S/C10H8F4O/c11-8-3-4-9(10(12,13)14)7(6-8)2-1-5-15/h3-6H,1-2H2. The van der Waals surface area contributed by atoms with Crippen LogP contribution in [0.15, 0.2) is 18.2 Å². The molecule has 1 rings (SSSR count). The van der Waals surface area contributed by atoms with Crippen molar-refractivity contribution in [2.45, 2.75) is 19.0 Å². The van der Waals surface area contributed by atoms with E-state index in [1.807, 2.05) is 0 Å². The number of hydrogen-bond acceptors (Lipinski definition) is 1. The summed E-state index contributed by atoms with van der Waals surface area (Å²) in [5.41, 5.74) is -1.07.